The Labute approximate surface area is 195 Å². The molecule has 2 N–H and O–H groups in total. The Morgan fingerprint density at radius 1 is 1.18 bits per heavy atom. The van der Waals surface area contributed by atoms with E-state index in [1.807, 2.05) is 66.2 Å². The van der Waals surface area contributed by atoms with E-state index in [1.165, 1.54) is 12.1 Å². The summed E-state index contributed by atoms with van der Waals surface area (Å²) in [6.07, 6.45) is 3.57. The summed E-state index contributed by atoms with van der Waals surface area (Å²) in [5, 5.41) is 13.6. The number of anilines is 1. The zero-order valence-electron chi connectivity index (χ0n) is 18.3. The Morgan fingerprint density at radius 3 is 2.76 bits per heavy atom. The number of fused-ring (bicyclic) bond motifs is 2. The highest BCUT2D eigenvalue weighted by molar-refractivity contribution is 5.99. The first-order chi connectivity index (χ1) is 16.5. The second-order valence-electron chi connectivity index (χ2n) is 8.06. The maximum atomic E-state index is 13.5. The Balaban J connectivity index is 1.48. The van der Waals surface area contributed by atoms with Crippen molar-refractivity contribution in [3.63, 3.8) is 0 Å². The van der Waals surface area contributed by atoms with Crippen molar-refractivity contribution in [3.8, 4) is 6.07 Å². The lowest BCUT2D eigenvalue weighted by Crippen LogP contribution is -2.18. The molecule has 0 spiro atoms. The van der Waals surface area contributed by atoms with Crippen molar-refractivity contribution >= 4 is 45.2 Å². The quantitative estimate of drug-likeness (QED) is 0.339. The lowest BCUT2D eigenvalue weighted by molar-refractivity contribution is -0.116. The number of H-pyrrole nitrogens is 1. The average molecular weight is 449 g/mol. The summed E-state index contributed by atoms with van der Waals surface area (Å²) < 4.78 is 15.4. The molecule has 5 aromatic rings. The smallest absolute Gasteiger partial charge is 0.244 e. The zero-order chi connectivity index (χ0) is 23.7. The van der Waals surface area contributed by atoms with E-state index in [9.17, 15) is 14.4 Å². The number of nitrogens with zero attached hydrogens (tertiary/aromatic N) is 3. The van der Waals surface area contributed by atoms with Crippen molar-refractivity contribution in [2.45, 2.75) is 13.5 Å². The van der Waals surface area contributed by atoms with Gasteiger partial charge in [0.25, 0.3) is 0 Å². The molecule has 0 bridgehead atoms. The van der Waals surface area contributed by atoms with E-state index in [4.69, 9.17) is 0 Å². The first kappa shape index (κ1) is 21.2. The molecule has 0 atom stereocenters. The van der Waals surface area contributed by atoms with E-state index in [-0.39, 0.29) is 18.3 Å². The molecule has 0 radical (unpaired) electrons. The van der Waals surface area contributed by atoms with Crippen LogP contribution < -0.4 is 5.32 Å². The van der Waals surface area contributed by atoms with Crippen molar-refractivity contribution in [1.29, 1.82) is 5.26 Å². The van der Waals surface area contributed by atoms with Crippen molar-refractivity contribution in [1.82, 2.24) is 14.5 Å². The van der Waals surface area contributed by atoms with Crippen molar-refractivity contribution < 1.29 is 9.18 Å². The number of aryl methyl sites for hydroxylation is 1. The van der Waals surface area contributed by atoms with E-state index in [1.54, 1.807) is 12.1 Å². The predicted octanol–water partition coefficient (Wildman–Crippen LogP) is 5.67. The number of halogens is 1. The molecular formula is C27H20FN5O. The Morgan fingerprint density at radius 2 is 1.97 bits per heavy atom. The van der Waals surface area contributed by atoms with Gasteiger partial charge in [-0.15, -0.1) is 0 Å². The molecule has 0 aliphatic carbocycles. The van der Waals surface area contributed by atoms with Crippen LogP contribution in [0.4, 0.5) is 10.1 Å². The normalized spacial score (nSPS) is 11.6. The number of aromatic nitrogens is 3. The van der Waals surface area contributed by atoms with Crippen LogP contribution in [0, 0.1) is 24.1 Å². The molecule has 2 heterocycles. The van der Waals surface area contributed by atoms with E-state index in [2.05, 4.69) is 21.4 Å². The molecule has 0 saturated heterocycles. The van der Waals surface area contributed by atoms with E-state index in [0.29, 0.717) is 22.4 Å². The molecule has 1 amide bonds. The third kappa shape index (κ3) is 4.17. The highest BCUT2D eigenvalue weighted by atomic mass is 19.1. The molecule has 0 fully saturated rings. The number of amides is 1. The molecule has 7 heteroatoms. The van der Waals surface area contributed by atoms with Gasteiger partial charge in [0.15, 0.2) is 0 Å². The van der Waals surface area contributed by atoms with Crippen molar-refractivity contribution in [2.75, 3.05) is 5.32 Å². The number of benzene rings is 3. The first-order valence-electron chi connectivity index (χ1n) is 10.7. The first-order valence-corrected chi connectivity index (χ1v) is 10.7. The van der Waals surface area contributed by atoms with E-state index in [0.717, 1.165) is 27.7 Å². The van der Waals surface area contributed by atoms with Crippen LogP contribution in [-0.4, -0.2) is 20.4 Å². The average Bonchev–Trinajstić information content (AvgIpc) is 3.40. The van der Waals surface area contributed by atoms with Crippen LogP contribution in [0.25, 0.3) is 33.6 Å². The van der Waals surface area contributed by atoms with Gasteiger partial charge in [-0.05, 0) is 49.4 Å². The summed E-state index contributed by atoms with van der Waals surface area (Å²) in [6, 6.07) is 21.7. The second-order valence-corrected chi connectivity index (χ2v) is 8.06. The number of nitriles is 1. The van der Waals surface area contributed by atoms with Gasteiger partial charge in [0.2, 0.25) is 5.91 Å². The molecule has 166 valence electrons. The lowest BCUT2D eigenvalue weighted by atomic mass is 10.1. The summed E-state index contributed by atoms with van der Waals surface area (Å²) in [7, 11) is 0. The number of imidazole rings is 1. The summed E-state index contributed by atoms with van der Waals surface area (Å²) in [5.74, 6) is -0.172. The minimum absolute atomic E-state index is 0.119. The van der Waals surface area contributed by atoms with Crippen LogP contribution >= 0.6 is 0 Å². The second kappa shape index (κ2) is 8.68. The van der Waals surface area contributed by atoms with Gasteiger partial charge >= 0.3 is 0 Å². The minimum Gasteiger partial charge on any atom is -0.337 e. The number of aromatic amines is 1. The van der Waals surface area contributed by atoms with Gasteiger partial charge < -0.3 is 14.9 Å². The molecule has 34 heavy (non-hydrogen) atoms. The molecule has 5 rings (SSSR count). The third-order valence-electron chi connectivity index (χ3n) is 5.59. The van der Waals surface area contributed by atoms with Gasteiger partial charge in [0.1, 0.15) is 24.3 Å². The molecule has 2 aromatic heterocycles. The summed E-state index contributed by atoms with van der Waals surface area (Å²) >= 11 is 0. The molecule has 0 unspecified atom stereocenters. The highest BCUT2D eigenvalue weighted by Crippen LogP contribution is 2.26. The molecule has 0 aliphatic rings. The van der Waals surface area contributed by atoms with Crippen LogP contribution in [0.3, 0.4) is 0 Å². The third-order valence-corrected chi connectivity index (χ3v) is 5.59. The standard InChI is InChI=1S/C27H20FN5O/c1-17-6-9-21(10-7-17)30-26(34)16-33-15-19(22-4-2-3-5-25(22)33)12-18(14-29)27-31-23-11-8-20(28)13-24(23)32-27/h2-13,15H,16H2,1H3,(H,30,34)(H,31,32)/b18-12-. The van der Waals surface area contributed by atoms with Gasteiger partial charge in [-0.25, -0.2) is 9.37 Å². The van der Waals surface area contributed by atoms with E-state index >= 15 is 0 Å². The summed E-state index contributed by atoms with van der Waals surface area (Å²) in [4.78, 5) is 20.1. The van der Waals surface area contributed by atoms with Crippen LogP contribution in [0.5, 0.6) is 0 Å². The number of rotatable bonds is 5. The number of hydrogen-bond acceptors (Lipinski definition) is 3. The number of allylic oxidation sites excluding steroid dienone is 1. The monoisotopic (exact) mass is 449 g/mol. The number of para-hydroxylation sites is 1. The maximum Gasteiger partial charge on any atom is 0.244 e. The van der Waals surface area contributed by atoms with Gasteiger partial charge in [-0.1, -0.05) is 35.9 Å². The zero-order valence-corrected chi connectivity index (χ0v) is 18.3. The Kier molecular flexibility index (Phi) is 5.40. The molecule has 0 aliphatic heterocycles. The molecule has 0 saturated carbocycles. The highest BCUT2D eigenvalue weighted by Gasteiger charge is 2.13. The van der Waals surface area contributed by atoms with Crippen LogP contribution in [0.1, 0.15) is 17.0 Å². The van der Waals surface area contributed by atoms with Crippen LogP contribution in [0.15, 0.2) is 72.9 Å². The minimum atomic E-state index is -0.378. The molecular weight excluding hydrogens is 429 g/mol. The SMILES string of the molecule is Cc1ccc(NC(=O)Cn2cc(/C=C(/C#N)c3nc4ccc(F)cc4[nH]3)c3ccccc32)cc1. The predicted molar refractivity (Wildman–Crippen MR) is 131 cm³/mol. The van der Waals surface area contributed by atoms with Crippen molar-refractivity contribution in [2.24, 2.45) is 0 Å². The number of hydrogen-bond donors (Lipinski definition) is 2. The lowest BCUT2D eigenvalue weighted by Gasteiger charge is -2.07. The fourth-order valence-electron chi connectivity index (χ4n) is 3.93. The summed E-state index contributed by atoms with van der Waals surface area (Å²) in [5.41, 5.74) is 4.91. The van der Waals surface area contributed by atoms with Gasteiger partial charge in [-0.2, -0.15) is 5.26 Å². The van der Waals surface area contributed by atoms with Gasteiger partial charge in [0.05, 0.1) is 16.6 Å². The fourth-order valence-corrected chi connectivity index (χ4v) is 3.93. The number of carbonyl (C=O) groups is 1. The Bertz CT molecular complexity index is 1600. The largest absolute Gasteiger partial charge is 0.337 e. The van der Waals surface area contributed by atoms with E-state index < -0.39 is 0 Å². The number of nitrogens with one attached hydrogen (secondary N) is 2. The molecule has 6 nitrogen and oxygen atoms in total. The van der Waals surface area contributed by atoms with Crippen molar-refractivity contribution in [3.05, 3.63) is 95.7 Å². The summed E-state index contributed by atoms with van der Waals surface area (Å²) in [6.45, 7) is 2.11. The maximum absolute atomic E-state index is 13.5. The topological polar surface area (TPSA) is 86.5 Å². The number of carbonyl (C=O) groups excluding carboxylic acids is 1. The van der Waals surface area contributed by atoms with Gasteiger partial charge in [-0.3, -0.25) is 4.79 Å². The fraction of sp³-hybridized carbons (Fsp3) is 0.0741. The van der Waals surface area contributed by atoms with Crippen LogP contribution in [0.2, 0.25) is 0 Å². The molecule has 3 aromatic carbocycles. The Hall–Kier alpha value is -4.70. The van der Waals surface area contributed by atoms with Crippen LogP contribution in [-0.2, 0) is 11.3 Å². The van der Waals surface area contributed by atoms with Gasteiger partial charge in [0, 0.05) is 28.4 Å².